The number of nitrogens with zero attached hydrogens (tertiary/aromatic N) is 1. The molecule has 0 bridgehead atoms. The summed E-state index contributed by atoms with van der Waals surface area (Å²) in [6, 6.07) is 13.5. The predicted octanol–water partition coefficient (Wildman–Crippen LogP) is 2.85. The molecule has 2 aromatic rings. The molecule has 3 rings (SSSR count). The molecule has 1 aliphatic heterocycles. The lowest BCUT2D eigenvalue weighted by Gasteiger charge is -2.39. The Labute approximate surface area is 147 Å². The smallest absolute Gasteiger partial charge is 0.123 e. The molecule has 0 unspecified atom stereocenters. The second kappa shape index (κ2) is 7.52. The number of hydrogen-bond acceptors (Lipinski definition) is 4. The number of piperidine rings is 1. The van der Waals surface area contributed by atoms with Gasteiger partial charge in [-0.1, -0.05) is 24.3 Å². The van der Waals surface area contributed by atoms with E-state index in [1.807, 2.05) is 24.3 Å². The van der Waals surface area contributed by atoms with Gasteiger partial charge in [0.25, 0.3) is 0 Å². The van der Waals surface area contributed by atoms with E-state index in [1.165, 1.54) is 12.1 Å². The van der Waals surface area contributed by atoms with Crippen LogP contribution in [0.1, 0.15) is 30.1 Å². The van der Waals surface area contributed by atoms with Gasteiger partial charge < -0.3 is 19.8 Å². The van der Waals surface area contributed by atoms with Crippen LogP contribution in [0.15, 0.2) is 48.5 Å². The lowest BCUT2D eigenvalue weighted by molar-refractivity contribution is -0.0345. The van der Waals surface area contributed by atoms with Crippen LogP contribution in [-0.4, -0.2) is 41.9 Å². The molecule has 0 amide bonds. The molecule has 0 aromatic heterocycles. The summed E-state index contributed by atoms with van der Waals surface area (Å²) in [6.45, 7) is 1.86. The molecule has 1 fully saturated rings. The maximum Gasteiger partial charge on any atom is 0.123 e. The highest BCUT2D eigenvalue weighted by Crippen LogP contribution is 2.33. The van der Waals surface area contributed by atoms with Crippen LogP contribution in [0.5, 0.6) is 5.75 Å². The Morgan fingerprint density at radius 1 is 1.16 bits per heavy atom. The molecule has 0 aliphatic carbocycles. The third kappa shape index (κ3) is 4.18. The molecule has 2 aromatic carbocycles. The number of hydrogen-bond donors (Lipinski definition) is 2. The predicted molar refractivity (Wildman–Crippen MR) is 93.9 cm³/mol. The van der Waals surface area contributed by atoms with Crippen molar-refractivity contribution < 1.29 is 19.3 Å². The minimum absolute atomic E-state index is 0.300. The molecule has 5 heteroatoms. The standard InChI is InChI=1S/C20H24FNO3/c1-25-18-4-2-3-15(13-18)19(23)14-22-11-9-20(24,10-12-22)16-5-7-17(21)8-6-16/h2-8,13,19,23-24H,9-12,14H2,1H3/t19-/m0/s1. The molecule has 4 nitrogen and oxygen atoms in total. The Morgan fingerprint density at radius 3 is 2.48 bits per heavy atom. The normalized spacial score (nSPS) is 18.7. The maximum atomic E-state index is 13.1. The van der Waals surface area contributed by atoms with Crippen molar-refractivity contribution in [3.8, 4) is 5.75 Å². The van der Waals surface area contributed by atoms with Gasteiger partial charge in [-0.05, 0) is 48.2 Å². The van der Waals surface area contributed by atoms with E-state index in [9.17, 15) is 14.6 Å². The van der Waals surface area contributed by atoms with Crippen LogP contribution in [-0.2, 0) is 5.60 Å². The largest absolute Gasteiger partial charge is 0.497 e. The van der Waals surface area contributed by atoms with Crippen LogP contribution in [0, 0.1) is 5.82 Å². The van der Waals surface area contributed by atoms with Gasteiger partial charge in [0.2, 0.25) is 0 Å². The Kier molecular flexibility index (Phi) is 5.37. The summed E-state index contributed by atoms with van der Waals surface area (Å²) in [4.78, 5) is 2.14. The van der Waals surface area contributed by atoms with Crippen molar-refractivity contribution in [1.29, 1.82) is 0 Å². The zero-order chi connectivity index (χ0) is 17.9. The van der Waals surface area contributed by atoms with Crippen molar-refractivity contribution in [2.75, 3.05) is 26.7 Å². The van der Waals surface area contributed by atoms with Gasteiger partial charge >= 0.3 is 0 Å². The van der Waals surface area contributed by atoms with Crippen molar-refractivity contribution in [2.45, 2.75) is 24.5 Å². The SMILES string of the molecule is COc1cccc([C@@H](O)CN2CCC(O)(c3ccc(F)cc3)CC2)c1. The Morgan fingerprint density at radius 2 is 1.84 bits per heavy atom. The molecule has 0 spiro atoms. The first-order valence-corrected chi connectivity index (χ1v) is 8.53. The van der Waals surface area contributed by atoms with Crippen molar-refractivity contribution >= 4 is 0 Å². The molecule has 1 atom stereocenters. The molecule has 0 radical (unpaired) electrons. The van der Waals surface area contributed by atoms with E-state index < -0.39 is 11.7 Å². The first kappa shape index (κ1) is 17.9. The zero-order valence-corrected chi connectivity index (χ0v) is 14.4. The van der Waals surface area contributed by atoms with Gasteiger partial charge in [0.05, 0.1) is 18.8 Å². The quantitative estimate of drug-likeness (QED) is 0.875. The fraction of sp³-hybridized carbons (Fsp3) is 0.400. The summed E-state index contributed by atoms with van der Waals surface area (Å²) >= 11 is 0. The first-order chi connectivity index (χ1) is 12.0. The lowest BCUT2D eigenvalue weighted by atomic mass is 9.84. The number of aliphatic hydroxyl groups is 2. The van der Waals surface area contributed by atoms with Gasteiger partial charge in [0.15, 0.2) is 0 Å². The lowest BCUT2D eigenvalue weighted by Crippen LogP contribution is -2.43. The first-order valence-electron chi connectivity index (χ1n) is 8.53. The molecule has 134 valence electrons. The summed E-state index contributed by atoms with van der Waals surface area (Å²) in [5.41, 5.74) is 0.645. The summed E-state index contributed by atoms with van der Waals surface area (Å²) in [6.07, 6.45) is 0.513. The molecule has 1 saturated heterocycles. The fourth-order valence-corrected chi connectivity index (χ4v) is 3.35. The average Bonchev–Trinajstić information content (AvgIpc) is 2.64. The Hall–Kier alpha value is -1.95. The summed E-state index contributed by atoms with van der Waals surface area (Å²) in [5.74, 6) is 0.423. The minimum Gasteiger partial charge on any atom is -0.497 e. The fourth-order valence-electron chi connectivity index (χ4n) is 3.35. The van der Waals surface area contributed by atoms with Crippen LogP contribution in [0.4, 0.5) is 4.39 Å². The monoisotopic (exact) mass is 345 g/mol. The van der Waals surface area contributed by atoms with Gasteiger partial charge in [0, 0.05) is 19.6 Å². The third-order valence-corrected chi connectivity index (χ3v) is 4.97. The molecule has 2 N–H and O–H groups in total. The highest BCUT2D eigenvalue weighted by molar-refractivity contribution is 5.30. The van der Waals surface area contributed by atoms with Crippen molar-refractivity contribution in [2.24, 2.45) is 0 Å². The van der Waals surface area contributed by atoms with E-state index in [0.717, 1.165) is 16.9 Å². The van der Waals surface area contributed by atoms with E-state index in [2.05, 4.69) is 4.90 Å². The Bertz CT molecular complexity index is 696. The van der Waals surface area contributed by atoms with E-state index in [1.54, 1.807) is 19.2 Å². The van der Waals surface area contributed by atoms with Crippen LogP contribution in [0.3, 0.4) is 0 Å². The molecule has 1 aliphatic rings. The summed E-state index contributed by atoms with van der Waals surface area (Å²) in [5, 5.41) is 21.3. The minimum atomic E-state index is -0.925. The van der Waals surface area contributed by atoms with Gasteiger partial charge in [-0.25, -0.2) is 4.39 Å². The van der Waals surface area contributed by atoms with Crippen molar-refractivity contribution in [3.63, 3.8) is 0 Å². The molecule has 0 saturated carbocycles. The number of halogens is 1. The Balaban J connectivity index is 1.59. The number of rotatable bonds is 5. The average molecular weight is 345 g/mol. The van der Waals surface area contributed by atoms with Gasteiger partial charge in [-0.3, -0.25) is 0 Å². The van der Waals surface area contributed by atoms with E-state index in [4.69, 9.17) is 4.74 Å². The third-order valence-electron chi connectivity index (χ3n) is 4.97. The number of methoxy groups -OCH3 is 1. The van der Waals surface area contributed by atoms with E-state index >= 15 is 0 Å². The second-order valence-corrected chi connectivity index (χ2v) is 6.63. The van der Waals surface area contributed by atoms with E-state index in [-0.39, 0.29) is 5.82 Å². The van der Waals surface area contributed by atoms with Crippen molar-refractivity contribution in [3.05, 3.63) is 65.5 Å². The van der Waals surface area contributed by atoms with Crippen LogP contribution >= 0.6 is 0 Å². The van der Waals surface area contributed by atoms with Gasteiger partial charge in [0.1, 0.15) is 11.6 Å². The maximum absolute atomic E-state index is 13.1. The number of aliphatic hydroxyl groups excluding tert-OH is 1. The molecule has 1 heterocycles. The second-order valence-electron chi connectivity index (χ2n) is 6.63. The zero-order valence-electron chi connectivity index (χ0n) is 14.4. The van der Waals surface area contributed by atoms with Gasteiger partial charge in [-0.15, -0.1) is 0 Å². The topological polar surface area (TPSA) is 52.9 Å². The number of β-amino-alcohol motifs (C(OH)–C–C–N with tert-alkyl or cyclic N) is 1. The summed E-state index contributed by atoms with van der Waals surface area (Å²) < 4.78 is 18.3. The van der Waals surface area contributed by atoms with Crippen LogP contribution in [0.2, 0.25) is 0 Å². The van der Waals surface area contributed by atoms with Crippen molar-refractivity contribution in [1.82, 2.24) is 4.90 Å². The van der Waals surface area contributed by atoms with E-state index in [0.29, 0.717) is 32.5 Å². The van der Waals surface area contributed by atoms with Crippen LogP contribution in [0.25, 0.3) is 0 Å². The number of likely N-dealkylation sites (tertiary alicyclic amines) is 1. The highest BCUT2D eigenvalue weighted by atomic mass is 19.1. The van der Waals surface area contributed by atoms with Gasteiger partial charge in [-0.2, -0.15) is 0 Å². The highest BCUT2D eigenvalue weighted by Gasteiger charge is 2.34. The van der Waals surface area contributed by atoms with Crippen LogP contribution < -0.4 is 4.74 Å². The molecule has 25 heavy (non-hydrogen) atoms. The molecular formula is C20H24FNO3. The number of benzene rings is 2. The molecular weight excluding hydrogens is 321 g/mol. The number of ether oxygens (including phenoxy) is 1. The summed E-state index contributed by atoms with van der Waals surface area (Å²) in [7, 11) is 1.60.